The average Bonchev–Trinajstić information content (AvgIpc) is 3.28. The van der Waals surface area contributed by atoms with E-state index in [-0.39, 0.29) is 18.6 Å². The normalized spacial score (nSPS) is 15.8. The Bertz CT molecular complexity index is 489. The van der Waals surface area contributed by atoms with Crippen LogP contribution in [0.1, 0.15) is 31.4 Å². The number of ether oxygens (including phenoxy) is 1. The van der Waals surface area contributed by atoms with Gasteiger partial charge in [0.1, 0.15) is 5.75 Å². The second kappa shape index (κ2) is 6.46. The van der Waals surface area contributed by atoms with Gasteiger partial charge in [-0.1, -0.05) is 17.7 Å². The molecule has 0 saturated heterocycles. The van der Waals surface area contributed by atoms with Crippen LogP contribution in [-0.4, -0.2) is 37.6 Å². The van der Waals surface area contributed by atoms with E-state index in [9.17, 15) is 4.79 Å². The van der Waals surface area contributed by atoms with E-state index in [2.05, 4.69) is 12.2 Å². The zero-order chi connectivity index (χ0) is 14.7. The summed E-state index contributed by atoms with van der Waals surface area (Å²) in [6, 6.07) is 6.27. The van der Waals surface area contributed by atoms with E-state index in [1.165, 1.54) is 0 Å². The number of likely N-dealkylation sites (N-methyl/N-ethyl adjacent to an activating group) is 1. The third-order valence-corrected chi connectivity index (χ3v) is 4.02. The fourth-order valence-electron chi connectivity index (χ4n) is 1.98. The first-order valence-electron chi connectivity index (χ1n) is 6.88. The number of benzene rings is 1. The van der Waals surface area contributed by atoms with Gasteiger partial charge in [0.2, 0.25) is 0 Å². The smallest absolute Gasteiger partial charge is 0.260 e. The van der Waals surface area contributed by atoms with E-state index in [1.54, 1.807) is 4.90 Å². The molecule has 1 amide bonds. The van der Waals surface area contributed by atoms with Crippen LogP contribution in [0.2, 0.25) is 5.02 Å². The Morgan fingerprint density at radius 3 is 2.80 bits per heavy atom. The Morgan fingerprint density at radius 2 is 2.25 bits per heavy atom. The van der Waals surface area contributed by atoms with Gasteiger partial charge in [-0.25, -0.2) is 0 Å². The van der Waals surface area contributed by atoms with Crippen molar-refractivity contribution < 1.29 is 9.53 Å². The molecule has 2 rings (SSSR count). The van der Waals surface area contributed by atoms with Crippen molar-refractivity contribution in [3.63, 3.8) is 0 Å². The monoisotopic (exact) mass is 296 g/mol. The summed E-state index contributed by atoms with van der Waals surface area (Å²) in [4.78, 5) is 13.6. The van der Waals surface area contributed by atoms with Crippen molar-refractivity contribution in [2.45, 2.75) is 31.8 Å². The van der Waals surface area contributed by atoms with Crippen molar-refractivity contribution in [1.29, 1.82) is 0 Å². The third-order valence-electron chi connectivity index (χ3n) is 3.73. The van der Waals surface area contributed by atoms with Gasteiger partial charge in [0.25, 0.3) is 5.91 Å². The van der Waals surface area contributed by atoms with E-state index in [0.717, 1.165) is 18.4 Å². The van der Waals surface area contributed by atoms with Crippen molar-refractivity contribution >= 4 is 17.5 Å². The molecule has 1 fully saturated rings. The van der Waals surface area contributed by atoms with Crippen LogP contribution in [0, 0.1) is 0 Å². The van der Waals surface area contributed by atoms with Gasteiger partial charge in [-0.2, -0.15) is 0 Å². The molecule has 1 saturated carbocycles. The number of amides is 1. The van der Waals surface area contributed by atoms with Crippen LogP contribution in [0.15, 0.2) is 18.2 Å². The Kier molecular flexibility index (Phi) is 4.89. The van der Waals surface area contributed by atoms with Crippen LogP contribution in [0.4, 0.5) is 0 Å². The summed E-state index contributed by atoms with van der Waals surface area (Å²) >= 11 is 6.19. The molecule has 1 aromatic carbocycles. The third kappa shape index (κ3) is 3.64. The molecule has 1 N–H and O–H groups in total. The zero-order valence-corrected chi connectivity index (χ0v) is 12.9. The summed E-state index contributed by atoms with van der Waals surface area (Å²) in [5.74, 6) is 0.549. The topological polar surface area (TPSA) is 41.6 Å². The van der Waals surface area contributed by atoms with Gasteiger partial charge >= 0.3 is 0 Å². The highest BCUT2D eigenvalue weighted by atomic mass is 35.5. The predicted molar refractivity (Wildman–Crippen MR) is 80.2 cm³/mol. The number of halogens is 1. The van der Waals surface area contributed by atoms with Gasteiger partial charge in [-0.05, 0) is 44.5 Å². The van der Waals surface area contributed by atoms with Crippen molar-refractivity contribution in [1.82, 2.24) is 10.2 Å². The molecule has 5 heteroatoms. The maximum absolute atomic E-state index is 11.9. The standard InChI is InChI=1S/C15H21ClN2O2/c1-10(17-2)11-4-7-14(13(16)8-11)20-9-15(19)18(3)12-5-6-12/h4,7-8,10,12,17H,5-6,9H2,1-3H3. The van der Waals surface area contributed by atoms with Crippen molar-refractivity contribution in [2.75, 3.05) is 20.7 Å². The maximum atomic E-state index is 11.9. The molecule has 0 aliphatic heterocycles. The molecule has 110 valence electrons. The van der Waals surface area contributed by atoms with Crippen LogP contribution >= 0.6 is 11.6 Å². The summed E-state index contributed by atoms with van der Waals surface area (Å²) in [7, 11) is 3.72. The van der Waals surface area contributed by atoms with Crippen LogP contribution < -0.4 is 10.1 Å². The quantitative estimate of drug-likeness (QED) is 0.877. The summed E-state index contributed by atoms with van der Waals surface area (Å²) < 4.78 is 5.52. The largest absolute Gasteiger partial charge is 0.482 e. The van der Waals surface area contributed by atoms with E-state index in [4.69, 9.17) is 16.3 Å². The fourth-order valence-corrected chi connectivity index (χ4v) is 2.22. The summed E-state index contributed by atoms with van der Waals surface area (Å²) in [5, 5.41) is 3.69. The Morgan fingerprint density at radius 1 is 1.55 bits per heavy atom. The molecule has 1 aliphatic carbocycles. The number of carbonyl (C=O) groups excluding carboxylic acids is 1. The van der Waals surface area contributed by atoms with Gasteiger partial charge in [0.15, 0.2) is 6.61 Å². The van der Waals surface area contributed by atoms with Gasteiger partial charge in [-0.15, -0.1) is 0 Å². The molecule has 20 heavy (non-hydrogen) atoms. The first kappa shape index (κ1) is 15.1. The van der Waals surface area contributed by atoms with Crippen LogP contribution in [0.3, 0.4) is 0 Å². The number of nitrogens with one attached hydrogen (secondary N) is 1. The second-order valence-corrected chi connectivity index (χ2v) is 5.63. The van der Waals surface area contributed by atoms with Gasteiger partial charge < -0.3 is 15.0 Å². The van der Waals surface area contributed by atoms with Crippen molar-refractivity contribution in [2.24, 2.45) is 0 Å². The second-order valence-electron chi connectivity index (χ2n) is 5.22. The molecular formula is C15H21ClN2O2. The van der Waals surface area contributed by atoms with Crippen molar-refractivity contribution in [3.8, 4) is 5.75 Å². The van der Waals surface area contributed by atoms with Gasteiger partial charge in [-0.3, -0.25) is 4.79 Å². The average molecular weight is 297 g/mol. The Hall–Kier alpha value is -1.26. The molecule has 4 nitrogen and oxygen atoms in total. The summed E-state index contributed by atoms with van der Waals surface area (Å²) in [6.07, 6.45) is 2.19. The Balaban J connectivity index is 1.94. The van der Waals surface area contributed by atoms with E-state index < -0.39 is 0 Å². The lowest BCUT2D eigenvalue weighted by Gasteiger charge is -2.17. The Labute approximate surface area is 125 Å². The lowest BCUT2D eigenvalue weighted by Crippen LogP contribution is -2.33. The molecular weight excluding hydrogens is 276 g/mol. The van der Waals surface area contributed by atoms with Gasteiger partial charge in [0, 0.05) is 19.1 Å². The number of nitrogens with zero attached hydrogens (tertiary/aromatic N) is 1. The highest BCUT2D eigenvalue weighted by Crippen LogP contribution is 2.28. The molecule has 0 radical (unpaired) electrons. The van der Waals surface area contributed by atoms with Gasteiger partial charge in [0.05, 0.1) is 5.02 Å². The molecule has 0 bridgehead atoms. The number of carbonyl (C=O) groups is 1. The van der Waals surface area contributed by atoms with E-state index in [0.29, 0.717) is 16.8 Å². The van der Waals surface area contributed by atoms with E-state index >= 15 is 0 Å². The summed E-state index contributed by atoms with van der Waals surface area (Å²) in [6.45, 7) is 2.09. The molecule has 1 atom stereocenters. The van der Waals surface area contributed by atoms with Crippen LogP contribution in [0.5, 0.6) is 5.75 Å². The highest BCUT2D eigenvalue weighted by Gasteiger charge is 2.29. The fraction of sp³-hybridized carbons (Fsp3) is 0.533. The molecule has 1 aliphatic rings. The molecule has 0 aromatic heterocycles. The minimum atomic E-state index is -0.00349. The number of hydrogen-bond acceptors (Lipinski definition) is 3. The first-order chi connectivity index (χ1) is 9.52. The SMILES string of the molecule is CNC(C)c1ccc(OCC(=O)N(C)C2CC2)c(Cl)c1. The minimum absolute atomic E-state index is 0.00349. The molecule has 1 unspecified atom stereocenters. The van der Waals surface area contributed by atoms with Crippen LogP contribution in [0.25, 0.3) is 0 Å². The summed E-state index contributed by atoms with van der Waals surface area (Å²) in [5.41, 5.74) is 1.09. The number of hydrogen-bond donors (Lipinski definition) is 1. The molecule has 0 heterocycles. The van der Waals surface area contributed by atoms with E-state index in [1.807, 2.05) is 32.3 Å². The minimum Gasteiger partial charge on any atom is -0.482 e. The zero-order valence-electron chi connectivity index (χ0n) is 12.1. The number of rotatable bonds is 6. The lowest BCUT2D eigenvalue weighted by molar-refractivity contribution is -0.132. The lowest BCUT2D eigenvalue weighted by atomic mass is 10.1. The molecule has 1 aromatic rings. The highest BCUT2D eigenvalue weighted by molar-refractivity contribution is 6.32. The predicted octanol–water partition coefficient (Wildman–Crippen LogP) is 2.62. The first-order valence-corrected chi connectivity index (χ1v) is 7.26. The maximum Gasteiger partial charge on any atom is 0.260 e. The molecule has 0 spiro atoms. The van der Waals surface area contributed by atoms with Crippen LogP contribution in [-0.2, 0) is 4.79 Å². The van der Waals surface area contributed by atoms with Crippen molar-refractivity contribution in [3.05, 3.63) is 28.8 Å².